The second-order valence-corrected chi connectivity index (χ2v) is 16.2. The van der Waals surface area contributed by atoms with Crippen molar-refractivity contribution in [3.8, 4) is 0 Å². The molecule has 2 saturated heterocycles. The number of aromatic nitrogens is 1. The lowest BCUT2D eigenvalue weighted by Gasteiger charge is -2.33. The third-order valence-electron chi connectivity index (χ3n) is 9.89. The van der Waals surface area contributed by atoms with Gasteiger partial charge in [-0.1, -0.05) is 88.4 Å². The van der Waals surface area contributed by atoms with E-state index < -0.39 is 47.6 Å². The van der Waals surface area contributed by atoms with E-state index in [1.54, 1.807) is 11.8 Å². The zero-order valence-corrected chi connectivity index (χ0v) is 32.4. The van der Waals surface area contributed by atoms with Crippen molar-refractivity contribution in [1.82, 2.24) is 25.8 Å². The van der Waals surface area contributed by atoms with Crippen LogP contribution in [-0.2, 0) is 48.0 Å². The van der Waals surface area contributed by atoms with Crippen LogP contribution in [0.25, 0.3) is 0 Å². The van der Waals surface area contributed by atoms with Crippen LogP contribution >= 0.6 is 11.3 Å². The molecule has 2 aliphatic heterocycles. The molecule has 1 aromatic heterocycles. The number of nitrogens with one attached hydrogen (secondary N) is 3. The van der Waals surface area contributed by atoms with Gasteiger partial charge in [-0.3, -0.25) is 24.0 Å². The molecule has 4 amide bonds. The molecular weight excluding hydrogens is 691 g/mol. The quantitative estimate of drug-likeness (QED) is 0.162. The molecule has 0 aliphatic carbocycles. The Bertz CT molecular complexity index is 1740. The number of ether oxygens (including phenoxy) is 1. The van der Waals surface area contributed by atoms with Crippen LogP contribution in [-0.4, -0.2) is 81.7 Å². The summed E-state index contributed by atoms with van der Waals surface area (Å²) in [5.74, 6) is -1.42. The number of aryl methyl sites for hydroxylation is 1. The molecule has 6 atom stereocenters. The summed E-state index contributed by atoms with van der Waals surface area (Å²) in [5, 5.41) is 11.6. The average molecular weight is 744 g/mol. The molecule has 11 nitrogen and oxygen atoms in total. The lowest BCUT2D eigenvalue weighted by atomic mass is 9.92. The number of carbonyl (C=O) groups excluding carboxylic acids is 5. The van der Waals surface area contributed by atoms with Crippen molar-refractivity contribution < 1.29 is 28.7 Å². The fourth-order valence-electron chi connectivity index (χ4n) is 6.85. The van der Waals surface area contributed by atoms with Crippen molar-refractivity contribution in [2.75, 3.05) is 6.61 Å². The molecule has 5 rings (SSSR count). The van der Waals surface area contributed by atoms with E-state index in [2.05, 4.69) is 20.9 Å². The Morgan fingerprint density at radius 3 is 2.17 bits per heavy atom. The van der Waals surface area contributed by atoms with Gasteiger partial charge in [0.2, 0.25) is 23.6 Å². The van der Waals surface area contributed by atoms with Gasteiger partial charge >= 0.3 is 0 Å². The summed E-state index contributed by atoms with van der Waals surface area (Å²) in [6, 6.07) is 15.2. The fraction of sp³-hybridized carbons (Fsp3) is 0.512. The van der Waals surface area contributed by atoms with Gasteiger partial charge < -0.3 is 25.6 Å². The maximum absolute atomic E-state index is 14.2. The molecule has 3 N–H and O–H groups in total. The van der Waals surface area contributed by atoms with Gasteiger partial charge in [-0.25, -0.2) is 4.98 Å². The van der Waals surface area contributed by atoms with E-state index in [4.69, 9.17) is 4.74 Å². The van der Waals surface area contributed by atoms with Crippen molar-refractivity contribution in [1.29, 1.82) is 0 Å². The predicted octanol–water partition coefficient (Wildman–Crippen LogP) is 4.53. The topological polar surface area (TPSA) is 150 Å². The van der Waals surface area contributed by atoms with E-state index in [-0.39, 0.29) is 48.7 Å². The summed E-state index contributed by atoms with van der Waals surface area (Å²) in [6.45, 7) is 12.0. The number of thiazole rings is 1. The smallest absolute Gasteiger partial charge is 0.246 e. The zero-order chi connectivity index (χ0) is 38.3. The number of benzene rings is 2. The van der Waals surface area contributed by atoms with Crippen LogP contribution in [0.15, 0.2) is 66.0 Å². The second-order valence-electron chi connectivity index (χ2n) is 15.3. The minimum absolute atomic E-state index is 0.0351. The largest absolute Gasteiger partial charge is 0.361 e. The third-order valence-corrected chi connectivity index (χ3v) is 11.1. The number of epoxide rings is 1. The number of hydrogen-bond acceptors (Lipinski definition) is 8. The summed E-state index contributed by atoms with van der Waals surface area (Å²) in [5.41, 5.74) is 1.60. The first-order chi connectivity index (χ1) is 25.2. The van der Waals surface area contributed by atoms with Gasteiger partial charge in [0.25, 0.3) is 0 Å². The maximum atomic E-state index is 14.2. The normalized spacial score (nSPS) is 21.3. The molecule has 12 heteroatoms. The van der Waals surface area contributed by atoms with Gasteiger partial charge in [0.05, 0.1) is 29.8 Å². The van der Waals surface area contributed by atoms with E-state index in [1.807, 2.05) is 101 Å². The fourth-order valence-corrected chi connectivity index (χ4v) is 7.69. The molecule has 2 fully saturated rings. The highest BCUT2D eigenvalue weighted by molar-refractivity contribution is 7.09. The lowest BCUT2D eigenvalue weighted by Crippen LogP contribution is -2.57. The van der Waals surface area contributed by atoms with Crippen LogP contribution in [0.5, 0.6) is 0 Å². The van der Waals surface area contributed by atoms with Gasteiger partial charge in [-0.05, 0) is 56.6 Å². The molecule has 0 saturated carbocycles. The Kier molecular flexibility index (Phi) is 13.2. The van der Waals surface area contributed by atoms with Crippen LogP contribution in [0.3, 0.4) is 0 Å². The zero-order valence-electron chi connectivity index (χ0n) is 31.6. The van der Waals surface area contributed by atoms with Crippen LogP contribution < -0.4 is 16.0 Å². The number of hydrogen-bond donors (Lipinski definition) is 3. The molecule has 0 radical (unpaired) electrons. The molecule has 0 spiro atoms. The van der Waals surface area contributed by atoms with Gasteiger partial charge in [-0.15, -0.1) is 11.3 Å². The highest BCUT2D eigenvalue weighted by Crippen LogP contribution is 2.30. The molecule has 53 heavy (non-hydrogen) atoms. The first kappa shape index (κ1) is 39.8. The Morgan fingerprint density at radius 1 is 0.943 bits per heavy atom. The Balaban J connectivity index is 1.32. The van der Waals surface area contributed by atoms with Crippen molar-refractivity contribution in [2.45, 2.75) is 122 Å². The highest BCUT2D eigenvalue weighted by atomic mass is 32.1. The van der Waals surface area contributed by atoms with Crippen LogP contribution in [0, 0.1) is 5.92 Å². The van der Waals surface area contributed by atoms with Gasteiger partial charge in [-0.2, -0.15) is 0 Å². The Morgan fingerprint density at radius 2 is 1.58 bits per heavy atom. The van der Waals surface area contributed by atoms with Crippen molar-refractivity contribution >= 4 is 40.7 Å². The first-order valence-corrected chi connectivity index (χ1v) is 19.5. The van der Waals surface area contributed by atoms with E-state index in [0.29, 0.717) is 31.6 Å². The highest BCUT2D eigenvalue weighted by Gasteiger charge is 2.51. The van der Waals surface area contributed by atoms with Crippen molar-refractivity contribution in [3.63, 3.8) is 0 Å². The summed E-state index contributed by atoms with van der Waals surface area (Å²) in [4.78, 5) is 75.2. The van der Waals surface area contributed by atoms with Gasteiger partial charge in [0.15, 0.2) is 5.78 Å². The number of ketones is 1. The van der Waals surface area contributed by atoms with Gasteiger partial charge in [0, 0.05) is 23.8 Å². The van der Waals surface area contributed by atoms with Crippen LogP contribution in [0.4, 0.5) is 0 Å². The monoisotopic (exact) mass is 743 g/mol. The summed E-state index contributed by atoms with van der Waals surface area (Å²) in [7, 11) is 0. The standard InChI is InChI=1S/C41H53N5O6S/c1-25(2)19-32(36(48)41(6)24-52-41)44-38(50)34(21-29-15-11-8-12-16-29)46-27(5)20-33(40(46)51)45-37(49)31(18-17-28-13-9-7-10-14-28)43-35(47)22-30-23-53-39(42-30)26(3)4/h7-16,23,25-27,31-34H,17-22,24H2,1-6H3,(H,43,47)(H,44,50)(H,45,49)/t27?,31-,32-,33-,34-,41?/m0/s1. The third kappa shape index (κ3) is 10.6. The molecule has 284 valence electrons. The van der Waals surface area contributed by atoms with E-state index in [9.17, 15) is 24.0 Å². The summed E-state index contributed by atoms with van der Waals surface area (Å²) in [6.07, 6.45) is 1.83. The number of carbonyl (C=O) groups is 5. The van der Waals surface area contributed by atoms with Crippen LogP contribution in [0.1, 0.15) is 88.6 Å². The second kappa shape index (κ2) is 17.6. The number of rotatable bonds is 18. The minimum Gasteiger partial charge on any atom is -0.361 e. The number of Topliss-reactive ketones (excluding diaryl/α,β-unsaturated/α-hetero) is 1. The van der Waals surface area contributed by atoms with Gasteiger partial charge in [0.1, 0.15) is 23.7 Å². The molecular formula is C41H53N5O6S. The first-order valence-electron chi connectivity index (χ1n) is 18.7. The summed E-state index contributed by atoms with van der Waals surface area (Å²) >= 11 is 1.51. The Hall–Kier alpha value is -4.42. The number of likely N-dealkylation sites (tertiary alicyclic amines) is 1. The molecule has 0 bridgehead atoms. The van der Waals surface area contributed by atoms with Crippen molar-refractivity contribution in [2.24, 2.45) is 5.92 Å². The van der Waals surface area contributed by atoms with E-state index >= 15 is 0 Å². The number of nitrogens with zero attached hydrogens (tertiary/aromatic N) is 2. The average Bonchev–Trinajstić information content (AvgIpc) is 3.59. The number of amides is 4. The molecule has 2 aliphatic rings. The molecule has 2 unspecified atom stereocenters. The predicted molar refractivity (Wildman–Crippen MR) is 204 cm³/mol. The van der Waals surface area contributed by atoms with E-state index in [0.717, 1.165) is 16.1 Å². The summed E-state index contributed by atoms with van der Waals surface area (Å²) < 4.78 is 5.43. The van der Waals surface area contributed by atoms with E-state index in [1.165, 1.54) is 11.3 Å². The Labute approximate surface area is 316 Å². The van der Waals surface area contributed by atoms with Crippen LogP contribution in [0.2, 0.25) is 0 Å². The SMILES string of the molecule is CC(C)C[C@H](NC(=O)[C@H](Cc1ccccc1)N1C(=O)[C@@H](NC(=O)[C@H](CCc2ccccc2)NC(=O)Cc2csc(C(C)C)n2)CC1C)C(=O)C1(C)CO1. The lowest BCUT2D eigenvalue weighted by molar-refractivity contribution is -0.142. The maximum Gasteiger partial charge on any atom is 0.246 e. The molecule has 3 aromatic rings. The molecule has 2 aromatic carbocycles. The minimum atomic E-state index is -0.931. The molecule has 3 heterocycles. The van der Waals surface area contributed by atoms with Crippen molar-refractivity contribution in [3.05, 3.63) is 87.9 Å².